The number of anilines is 1. The van der Waals surface area contributed by atoms with Gasteiger partial charge in [-0.15, -0.1) is 0 Å². The van der Waals surface area contributed by atoms with Crippen LogP contribution in [-0.4, -0.2) is 16.9 Å². The SMILES string of the molecule is Cc1cc(C)cc(OCNc2cc(O)ccc2O)c1. The Bertz CT molecular complexity index is 561. The Labute approximate surface area is 112 Å². The van der Waals surface area contributed by atoms with E-state index in [2.05, 4.69) is 11.4 Å². The predicted molar refractivity (Wildman–Crippen MR) is 74.8 cm³/mol. The average Bonchev–Trinajstić information content (AvgIpc) is 2.32. The van der Waals surface area contributed by atoms with Gasteiger partial charge in [-0.3, -0.25) is 0 Å². The molecule has 0 aliphatic rings. The predicted octanol–water partition coefficient (Wildman–Crippen LogP) is 3.16. The van der Waals surface area contributed by atoms with E-state index >= 15 is 0 Å². The molecule has 0 aliphatic carbocycles. The molecular weight excluding hydrogens is 242 g/mol. The zero-order valence-electron chi connectivity index (χ0n) is 11.0. The second-order valence-electron chi connectivity index (χ2n) is 4.49. The fourth-order valence-electron chi connectivity index (χ4n) is 1.88. The Hall–Kier alpha value is -2.36. The number of hydrogen-bond acceptors (Lipinski definition) is 4. The van der Waals surface area contributed by atoms with Crippen molar-refractivity contribution < 1.29 is 14.9 Å². The lowest BCUT2D eigenvalue weighted by Gasteiger charge is -2.11. The molecule has 0 radical (unpaired) electrons. The fourth-order valence-corrected chi connectivity index (χ4v) is 1.88. The van der Waals surface area contributed by atoms with Gasteiger partial charge in [-0.1, -0.05) is 6.07 Å². The summed E-state index contributed by atoms with van der Waals surface area (Å²) in [5.74, 6) is 0.929. The van der Waals surface area contributed by atoms with Crippen LogP contribution in [0.15, 0.2) is 36.4 Å². The molecule has 19 heavy (non-hydrogen) atoms. The number of rotatable bonds is 4. The summed E-state index contributed by atoms with van der Waals surface area (Å²) in [6.45, 7) is 4.22. The number of phenolic OH excluding ortho intramolecular Hbond substituents is 2. The highest BCUT2D eigenvalue weighted by molar-refractivity contribution is 5.58. The van der Waals surface area contributed by atoms with E-state index in [0.717, 1.165) is 16.9 Å². The molecule has 2 rings (SSSR count). The molecule has 0 aliphatic heterocycles. The molecule has 0 atom stereocenters. The van der Waals surface area contributed by atoms with Gasteiger partial charge in [0.25, 0.3) is 0 Å². The minimum absolute atomic E-state index is 0.0711. The van der Waals surface area contributed by atoms with E-state index in [1.165, 1.54) is 18.2 Å². The molecule has 4 nitrogen and oxygen atoms in total. The first kappa shape index (κ1) is 13.1. The molecule has 0 saturated heterocycles. The van der Waals surface area contributed by atoms with Crippen molar-refractivity contribution in [2.75, 3.05) is 12.0 Å². The number of hydrogen-bond donors (Lipinski definition) is 3. The van der Waals surface area contributed by atoms with Gasteiger partial charge in [0.1, 0.15) is 17.2 Å². The first-order valence-electron chi connectivity index (χ1n) is 6.01. The molecule has 100 valence electrons. The molecule has 0 bridgehead atoms. The molecule has 4 heteroatoms. The molecule has 0 fully saturated rings. The normalized spacial score (nSPS) is 10.2. The van der Waals surface area contributed by atoms with E-state index in [0.29, 0.717) is 5.69 Å². The van der Waals surface area contributed by atoms with Gasteiger partial charge in [0.15, 0.2) is 6.73 Å². The van der Waals surface area contributed by atoms with Crippen LogP contribution in [0, 0.1) is 13.8 Å². The highest BCUT2D eigenvalue weighted by Gasteiger charge is 2.02. The first-order chi connectivity index (χ1) is 9.04. The van der Waals surface area contributed by atoms with Gasteiger partial charge in [0.05, 0.1) is 5.69 Å². The zero-order chi connectivity index (χ0) is 13.8. The van der Waals surface area contributed by atoms with Crippen LogP contribution >= 0.6 is 0 Å². The Morgan fingerprint density at radius 2 is 1.68 bits per heavy atom. The van der Waals surface area contributed by atoms with Crippen molar-refractivity contribution in [3.63, 3.8) is 0 Å². The van der Waals surface area contributed by atoms with Gasteiger partial charge in [-0.25, -0.2) is 0 Å². The van der Waals surface area contributed by atoms with Crippen molar-refractivity contribution in [3.05, 3.63) is 47.5 Å². The van der Waals surface area contributed by atoms with E-state index in [1.807, 2.05) is 26.0 Å². The number of nitrogens with one attached hydrogen (secondary N) is 1. The summed E-state index contributed by atoms with van der Waals surface area (Å²) in [4.78, 5) is 0. The van der Waals surface area contributed by atoms with Gasteiger partial charge in [-0.2, -0.15) is 0 Å². The molecule has 2 aromatic rings. The molecular formula is C15H17NO3. The highest BCUT2D eigenvalue weighted by Crippen LogP contribution is 2.27. The van der Waals surface area contributed by atoms with Crippen molar-refractivity contribution in [1.29, 1.82) is 0 Å². The van der Waals surface area contributed by atoms with Crippen molar-refractivity contribution >= 4 is 5.69 Å². The van der Waals surface area contributed by atoms with Crippen molar-refractivity contribution in [1.82, 2.24) is 0 Å². The standard InChI is InChI=1S/C15H17NO3/c1-10-5-11(2)7-13(6-10)19-9-16-14-8-12(17)3-4-15(14)18/h3-8,16-18H,9H2,1-2H3. The van der Waals surface area contributed by atoms with Crippen LogP contribution in [0.4, 0.5) is 5.69 Å². The summed E-state index contributed by atoms with van der Waals surface area (Å²) in [6, 6.07) is 10.2. The van der Waals surface area contributed by atoms with Gasteiger partial charge in [0.2, 0.25) is 0 Å². The quantitative estimate of drug-likeness (QED) is 0.448. The van der Waals surface area contributed by atoms with Crippen molar-refractivity contribution in [2.24, 2.45) is 0 Å². The zero-order valence-corrected chi connectivity index (χ0v) is 11.0. The van der Waals surface area contributed by atoms with E-state index in [1.54, 1.807) is 0 Å². The summed E-state index contributed by atoms with van der Waals surface area (Å²) < 4.78 is 5.56. The van der Waals surface area contributed by atoms with Crippen LogP contribution in [0.5, 0.6) is 17.2 Å². The van der Waals surface area contributed by atoms with Crippen LogP contribution in [0.2, 0.25) is 0 Å². The molecule has 0 amide bonds. The fraction of sp³-hybridized carbons (Fsp3) is 0.200. The topological polar surface area (TPSA) is 61.7 Å². The smallest absolute Gasteiger partial charge is 0.159 e. The Kier molecular flexibility index (Phi) is 3.80. The molecule has 0 aromatic heterocycles. The summed E-state index contributed by atoms with van der Waals surface area (Å²) >= 11 is 0. The second kappa shape index (κ2) is 5.52. The lowest BCUT2D eigenvalue weighted by atomic mass is 10.1. The molecule has 0 saturated carbocycles. The monoisotopic (exact) mass is 259 g/mol. The van der Waals surface area contributed by atoms with E-state index in [9.17, 15) is 10.2 Å². The van der Waals surface area contributed by atoms with Crippen LogP contribution in [-0.2, 0) is 0 Å². The molecule has 2 aromatic carbocycles. The van der Waals surface area contributed by atoms with E-state index in [4.69, 9.17) is 4.74 Å². The van der Waals surface area contributed by atoms with Crippen molar-refractivity contribution in [2.45, 2.75) is 13.8 Å². The summed E-state index contributed by atoms with van der Waals surface area (Å²) in [5, 5.41) is 21.8. The maximum atomic E-state index is 9.59. The van der Waals surface area contributed by atoms with E-state index in [-0.39, 0.29) is 18.2 Å². The Morgan fingerprint density at radius 1 is 1.00 bits per heavy atom. The Morgan fingerprint density at radius 3 is 2.37 bits per heavy atom. The second-order valence-corrected chi connectivity index (χ2v) is 4.49. The lowest BCUT2D eigenvalue weighted by molar-refractivity contribution is 0.345. The molecule has 0 spiro atoms. The number of aryl methyl sites for hydroxylation is 2. The summed E-state index contributed by atoms with van der Waals surface area (Å²) in [7, 11) is 0. The summed E-state index contributed by atoms with van der Waals surface area (Å²) in [5.41, 5.74) is 2.70. The third-order valence-electron chi connectivity index (χ3n) is 2.68. The third-order valence-corrected chi connectivity index (χ3v) is 2.68. The van der Waals surface area contributed by atoms with Crippen LogP contribution in [0.25, 0.3) is 0 Å². The van der Waals surface area contributed by atoms with Gasteiger partial charge in [-0.05, 0) is 49.2 Å². The molecule has 0 unspecified atom stereocenters. The van der Waals surface area contributed by atoms with Crippen LogP contribution < -0.4 is 10.1 Å². The largest absolute Gasteiger partial charge is 0.508 e. The average molecular weight is 259 g/mol. The Balaban J connectivity index is 1.98. The maximum Gasteiger partial charge on any atom is 0.159 e. The van der Waals surface area contributed by atoms with Gasteiger partial charge >= 0.3 is 0 Å². The number of benzene rings is 2. The first-order valence-corrected chi connectivity index (χ1v) is 6.01. The minimum atomic E-state index is 0.0711. The maximum absolute atomic E-state index is 9.59. The lowest BCUT2D eigenvalue weighted by Crippen LogP contribution is -2.09. The van der Waals surface area contributed by atoms with E-state index < -0.39 is 0 Å². The van der Waals surface area contributed by atoms with Crippen LogP contribution in [0.3, 0.4) is 0 Å². The number of phenols is 2. The van der Waals surface area contributed by atoms with Gasteiger partial charge < -0.3 is 20.3 Å². The molecule has 3 N–H and O–H groups in total. The number of ether oxygens (including phenoxy) is 1. The highest BCUT2D eigenvalue weighted by atomic mass is 16.5. The third kappa shape index (κ3) is 3.55. The summed E-state index contributed by atoms with van der Waals surface area (Å²) in [6.07, 6.45) is 0. The van der Waals surface area contributed by atoms with Crippen molar-refractivity contribution in [3.8, 4) is 17.2 Å². The minimum Gasteiger partial charge on any atom is -0.508 e. The molecule has 0 heterocycles. The van der Waals surface area contributed by atoms with Gasteiger partial charge in [0, 0.05) is 6.07 Å². The number of aromatic hydroxyl groups is 2. The van der Waals surface area contributed by atoms with Crippen LogP contribution in [0.1, 0.15) is 11.1 Å².